The topological polar surface area (TPSA) is 53.0 Å². The van der Waals surface area contributed by atoms with Crippen LogP contribution in [0, 0.1) is 5.82 Å². The van der Waals surface area contributed by atoms with Crippen molar-refractivity contribution >= 4 is 5.97 Å². The number of morpholine rings is 1. The summed E-state index contributed by atoms with van der Waals surface area (Å²) in [5.74, 6) is -0.183. The molecule has 2 aliphatic rings. The third kappa shape index (κ3) is 3.75. The van der Waals surface area contributed by atoms with E-state index in [0.29, 0.717) is 31.8 Å². The normalized spacial score (nSPS) is 21.0. The molecule has 0 bridgehead atoms. The number of carbonyl (C=O) groups is 1. The van der Waals surface area contributed by atoms with Crippen LogP contribution in [0.25, 0.3) is 0 Å². The number of carboxylic acid groups (broad SMARTS) is 1. The summed E-state index contributed by atoms with van der Waals surface area (Å²) in [6, 6.07) is 6.24. The quantitative estimate of drug-likeness (QED) is 0.875. The van der Waals surface area contributed by atoms with Crippen molar-refractivity contribution in [3.05, 3.63) is 58.7 Å². The van der Waals surface area contributed by atoms with Crippen molar-refractivity contribution in [2.24, 2.45) is 0 Å². The molecule has 0 radical (unpaired) electrons. The Morgan fingerprint density at radius 2 is 2.08 bits per heavy atom. The van der Waals surface area contributed by atoms with E-state index < -0.39 is 5.97 Å². The number of hydrogen-bond acceptors (Lipinski definition) is 4. The van der Waals surface area contributed by atoms with Gasteiger partial charge in [-0.25, -0.2) is 9.18 Å². The summed E-state index contributed by atoms with van der Waals surface area (Å²) >= 11 is 0. The second-order valence-corrected chi connectivity index (χ2v) is 6.69. The molecule has 1 unspecified atom stereocenters. The zero-order valence-electron chi connectivity index (χ0n) is 15.2. The van der Waals surface area contributed by atoms with E-state index in [2.05, 4.69) is 9.80 Å². The van der Waals surface area contributed by atoms with Crippen molar-refractivity contribution in [2.75, 3.05) is 26.3 Å². The number of halogens is 1. The van der Waals surface area contributed by atoms with Gasteiger partial charge >= 0.3 is 5.97 Å². The zero-order valence-corrected chi connectivity index (χ0v) is 15.2. The summed E-state index contributed by atoms with van der Waals surface area (Å²) < 4.78 is 19.1. The molecule has 0 aliphatic carbocycles. The highest BCUT2D eigenvalue weighted by Gasteiger charge is 2.34. The van der Waals surface area contributed by atoms with Gasteiger partial charge in [0.15, 0.2) is 0 Å². The largest absolute Gasteiger partial charge is 0.478 e. The standard InChI is InChI=1S/C20H25FN2O3/c1-3-17-19(20(24)25)14(2)11-18(22-7-9-26-10-8-22)23(17)13-15-5-4-6-16(21)12-15/h4-6,11-12,17H,3,7-10,13H2,1-2H3,(H,24,25). The Kier molecular flexibility index (Phi) is 5.61. The predicted molar refractivity (Wildman–Crippen MR) is 96.8 cm³/mol. The number of rotatable bonds is 5. The first-order valence-electron chi connectivity index (χ1n) is 9.00. The van der Waals surface area contributed by atoms with E-state index in [1.54, 1.807) is 6.07 Å². The van der Waals surface area contributed by atoms with Gasteiger partial charge in [-0.3, -0.25) is 0 Å². The van der Waals surface area contributed by atoms with Gasteiger partial charge in [-0.05, 0) is 42.7 Å². The summed E-state index contributed by atoms with van der Waals surface area (Å²) in [5, 5.41) is 9.73. The minimum Gasteiger partial charge on any atom is -0.478 e. The van der Waals surface area contributed by atoms with Gasteiger partial charge < -0.3 is 19.6 Å². The molecule has 2 aliphatic heterocycles. The molecular weight excluding hydrogens is 335 g/mol. The lowest BCUT2D eigenvalue weighted by Gasteiger charge is -2.44. The van der Waals surface area contributed by atoms with Crippen LogP contribution in [0.3, 0.4) is 0 Å². The molecule has 2 heterocycles. The molecule has 1 aromatic carbocycles. The Morgan fingerprint density at radius 1 is 1.35 bits per heavy atom. The van der Waals surface area contributed by atoms with Crippen LogP contribution in [-0.4, -0.2) is 53.2 Å². The molecule has 0 aromatic heterocycles. The molecule has 1 aromatic rings. The smallest absolute Gasteiger partial charge is 0.333 e. The lowest BCUT2D eigenvalue weighted by atomic mass is 9.93. The Labute approximate surface area is 153 Å². The van der Waals surface area contributed by atoms with E-state index in [0.717, 1.165) is 30.0 Å². The fourth-order valence-corrected chi connectivity index (χ4v) is 3.76. The third-order valence-corrected chi connectivity index (χ3v) is 4.97. The summed E-state index contributed by atoms with van der Waals surface area (Å²) in [5.41, 5.74) is 2.02. The Balaban J connectivity index is 2.00. The van der Waals surface area contributed by atoms with E-state index in [9.17, 15) is 14.3 Å². The van der Waals surface area contributed by atoms with Crippen LogP contribution in [0.4, 0.5) is 4.39 Å². The summed E-state index contributed by atoms with van der Waals surface area (Å²) in [4.78, 5) is 16.2. The van der Waals surface area contributed by atoms with Crippen molar-refractivity contribution in [3.8, 4) is 0 Å². The van der Waals surface area contributed by atoms with Crippen LogP contribution in [0.2, 0.25) is 0 Å². The molecule has 0 saturated carbocycles. The Hall–Kier alpha value is -2.34. The van der Waals surface area contributed by atoms with E-state index in [1.165, 1.54) is 12.1 Å². The second kappa shape index (κ2) is 7.91. The monoisotopic (exact) mass is 360 g/mol. The molecule has 6 heteroatoms. The number of allylic oxidation sites excluding steroid dienone is 2. The number of nitrogens with zero attached hydrogens (tertiary/aromatic N) is 2. The molecule has 0 spiro atoms. The molecule has 3 rings (SSSR count). The first-order chi connectivity index (χ1) is 12.5. The van der Waals surface area contributed by atoms with E-state index in [4.69, 9.17) is 4.74 Å². The van der Waals surface area contributed by atoms with Gasteiger partial charge in [0, 0.05) is 19.6 Å². The number of carboxylic acids is 1. The molecule has 1 N–H and O–H groups in total. The zero-order chi connectivity index (χ0) is 18.7. The molecule has 5 nitrogen and oxygen atoms in total. The average Bonchev–Trinajstić information content (AvgIpc) is 2.63. The van der Waals surface area contributed by atoms with Gasteiger partial charge in [-0.2, -0.15) is 0 Å². The molecule has 1 atom stereocenters. The Bertz CT molecular complexity index is 738. The number of ether oxygens (including phenoxy) is 1. The summed E-state index contributed by atoms with van der Waals surface area (Å²) in [6.45, 7) is 7.12. The third-order valence-electron chi connectivity index (χ3n) is 4.97. The highest BCUT2D eigenvalue weighted by molar-refractivity contribution is 5.90. The fraction of sp³-hybridized carbons (Fsp3) is 0.450. The van der Waals surface area contributed by atoms with Crippen LogP contribution >= 0.6 is 0 Å². The van der Waals surface area contributed by atoms with Gasteiger partial charge in [-0.15, -0.1) is 0 Å². The first kappa shape index (κ1) is 18.5. The van der Waals surface area contributed by atoms with Crippen molar-refractivity contribution < 1.29 is 19.0 Å². The lowest BCUT2D eigenvalue weighted by Crippen LogP contribution is -2.48. The Morgan fingerprint density at radius 3 is 2.69 bits per heavy atom. The summed E-state index contributed by atoms with van der Waals surface area (Å²) in [7, 11) is 0. The van der Waals surface area contributed by atoms with Crippen LogP contribution in [0.15, 0.2) is 47.3 Å². The minimum absolute atomic E-state index is 0.251. The van der Waals surface area contributed by atoms with Gasteiger partial charge in [-0.1, -0.05) is 19.1 Å². The SMILES string of the molecule is CCC1C(C(=O)O)=C(C)C=C(N2CCOCC2)N1Cc1cccc(F)c1. The fourth-order valence-electron chi connectivity index (χ4n) is 3.76. The maximum atomic E-state index is 13.7. The van der Waals surface area contributed by atoms with Gasteiger partial charge in [0.05, 0.1) is 24.8 Å². The maximum Gasteiger partial charge on any atom is 0.333 e. The van der Waals surface area contributed by atoms with E-state index in [-0.39, 0.29) is 11.9 Å². The molecule has 0 amide bonds. The molecule has 1 saturated heterocycles. The predicted octanol–water partition coefficient (Wildman–Crippen LogP) is 2.99. The number of aliphatic carboxylic acids is 1. The lowest BCUT2D eigenvalue weighted by molar-refractivity contribution is -0.133. The van der Waals surface area contributed by atoms with Gasteiger partial charge in [0.2, 0.25) is 0 Å². The molecule has 140 valence electrons. The van der Waals surface area contributed by atoms with Crippen molar-refractivity contribution in [1.29, 1.82) is 0 Å². The van der Waals surface area contributed by atoms with E-state index >= 15 is 0 Å². The van der Waals surface area contributed by atoms with Crippen LogP contribution in [-0.2, 0) is 16.1 Å². The van der Waals surface area contributed by atoms with Crippen molar-refractivity contribution in [2.45, 2.75) is 32.9 Å². The van der Waals surface area contributed by atoms with Crippen LogP contribution in [0.1, 0.15) is 25.8 Å². The van der Waals surface area contributed by atoms with Crippen LogP contribution in [0.5, 0.6) is 0 Å². The summed E-state index contributed by atoms with van der Waals surface area (Å²) in [6.07, 6.45) is 2.61. The second-order valence-electron chi connectivity index (χ2n) is 6.69. The van der Waals surface area contributed by atoms with E-state index in [1.807, 2.05) is 26.0 Å². The van der Waals surface area contributed by atoms with Crippen LogP contribution < -0.4 is 0 Å². The maximum absolute atomic E-state index is 13.7. The number of benzene rings is 1. The van der Waals surface area contributed by atoms with Gasteiger partial charge in [0.25, 0.3) is 0 Å². The first-order valence-corrected chi connectivity index (χ1v) is 9.00. The molecule has 1 fully saturated rings. The van der Waals surface area contributed by atoms with Crippen molar-refractivity contribution in [3.63, 3.8) is 0 Å². The average molecular weight is 360 g/mol. The number of hydrogen-bond donors (Lipinski definition) is 1. The highest BCUT2D eigenvalue weighted by Crippen LogP contribution is 2.32. The van der Waals surface area contributed by atoms with Gasteiger partial charge in [0.1, 0.15) is 11.6 Å². The minimum atomic E-state index is -0.893. The molecular formula is C20H25FN2O3. The molecule has 26 heavy (non-hydrogen) atoms. The van der Waals surface area contributed by atoms with Crippen molar-refractivity contribution in [1.82, 2.24) is 9.80 Å². The highest BCUT2D eigenvalue weighted by atomic mass is 19.1.